The molecule has 25 heavy (non-hydrogen) atoms. The first-order valence-corrected chi connectivity index (χ1v) is 8.65. The van der Waals surface area contributed by atoms with E-state index in [0.717, 1.165) is 12.8 Å². The van der Waals surface area contributed by atoms with Crippen LogP contribution in [-0.4, -0.2) is 17.3 Å². The first kappa shape index (κ1) is 17.4. The smallest absolute Gasteiger partial charge is 0.182 e. The van der Waals surface area contributed by atoms with Crippen LogP contribution in [0.3, 0.4) is 0 Å². The van der Waals surface area contributed by atoms with Crippen molar-refractivity contribution in [2.45, 2.75) is 25.7 Å². The molecule has 1 atom stereocenters. The maximum absolute atomic E-state index is 13.4. The number of rotatable bonds is 3. The van der Waals surface area contributed by atoms with Gasteiger partial charge in [0.2, 0.25) is 0 Å². The molecule has 1 aromatic rings. The average Bonchev–Trinajstić information content (AvgIpc) is 2.59. The third kappa shape index (κ3) is 3.35. The topological polar surface area (TPSA) is 72.5 Å². The zero-order valence-electron chi connectivity index (χ0n) is 13.7. The largest absolute Gasteiger partial charge is 0.399 e. The van der Waals surface area contributed by atoms with Crippen LogP contribution >= 0.6 is 11.6 Å². The van der Waals surface area contributed by atoms with Crippen molar-refractivity contribution in [2.24, 2.45) is 10.4 Å². The number of hydrogen-bond donors (Lipinski definition) is 1. The van der Waals surface area contributed by atoms with E-state index >= 15 is 0 Å². The molecule has 2 N–H and O–H groups in total. The summed E-state index contributed by atoms with van der Waals surface area (Å²) in [5.74, 6) is -0.340. The standard InChI is InChI=1S/C20H19ClN2O2/c21-18-8-3-1-2-6-16(23-18)20(13-5-4-7-17(20)24)19(25)14-9-11-15(22)12-10-14/h1-3,6,8-12H,4-5,7,13,22H2. The molecule has 5 heteroatoms. The predicted octanol–water partition coefficient (Wildman–Crippen LogP) is 4.23. The summed E-state index contributed by atoms with van der Waals surface area (Å²) in [7, 11) is 0. The zero-order chi connectivity index (χ0) is 17.9. The van der Waals surface area contributed by atoms with Gasteiger partial charge >= 0.3 is 0 Å². The Bertz CT molecular complexity index is 819. The second-order valence-corrected chi connectivity index (χ2v) is 6.60. The number of hydrogen-bond acceptors (Lipinski definition) is 4. The van der Waals surface area contributed by atoms with Gasteiger partial charge in [0.05, 0.1) is 5.71 Å². The van der Waals surface area contributed by atoms with Crippen LogP contribution in [-0.2, 0) is 4.79 Å². The molecule has 0 amide bonds. The summed E-state index contributed by atoms with van der Waals surface area (Å²) in [4.78, 5) is 30.7. The molecule has 1 aliphatic carbocycles. The van der Waals surface area contributed by atoms with E-state index < -0.39 is 5.41 Å². The minimum absolute atomic E-state index is 0.0991. The SMILES string of the molecule is Nc1ccc(C(=O)C2(C3=NC(Cl)=CC=CC=C3)CCCCC2=O)cc1. The van der Waals surface area contributed by atoms with Gasteiger partial charge in [-0.1, -0.05) is 36.2 Å². The van der Waals surface area contributed by atoms with Crippen molar-refractivity contribution in [3.8, 4) is 0 Å². The summed E-state index contributed by atoms with van der Waals surface area (Å²) < 4.78 is 0. The van der Waals surface area contributed by atoms with Crippen molar-refractivity contribution in [1.29, 1.82) is 0 Å². The van der Waals surface area contributed by atoms with E-state index in [-0.39, 0.29) is 16.7 Å². The fourth-order valence-electron chi connectivity index (χ4n) is 3.31. The van der Waals surface area contributed by atoms with E-state index in [1.165, 1.54) is 0 Å². The Labute approximate surface area is 151 Å². The Kier molecular flexibility index (Phi) is 5.00. The number of carbonyl (C=O) groups is 2. The summed E-state index contributed by atoms with van der Waals surface area (Å²) in [5, 5.41) is 0.249. The molecule has 3 rings (SSSR count). The molecule has 0 spiro atoms. The van der Waals surface area contributed by atoms with Crippen LogP contribution in [0.2, 0.25) is 0 Å². The number of nitrogens with two attached hydrogens (primary N) is 1. The summed E-state index contributed by atoms with van der Waals surface area (Å²) in [6.45, 7) is 0. The van der Waals surface area contributed by atoms with E-state index in [0.29, 0.717) is 29.8 Å². The van der Waals surface area contributed by atoms with Gasteiger partial charge in [0, 0.05) is 17.7 Å². The number of nitrogens with zero attached hydrogens (tertiary/aromatic N) is 1. The molecule has 1 unspecified atom stereocenters. The normalized spacial score (nSPS) is 23.5. The van der Waals surface area contributed by atoms with Gasteiger partial charge in [-0.3, -0.25) is 9.59 Å². The Morgan fingerprint density at radius 3 is 2.60 bits per heavy atom. The number of Topliss-reactive ketones (excluding diaryl/α,β-unsaturated/α-hetero) is 2. The molecular formula is C20H19ClN2O2. The molecule has 1 aromatic carbocycles. The van der Waals surface area contributed by atoms with Crippen LogP contribution < -0.4 is 5.73 Å². The van der Waals surface area contributed by atoms with Crippen LogP contribution in [0, 0.1) is 5.41 Å². The van der Waals surface area contributed by atoms with E-state index in [1.807, 2.05) is 0 Å². The Hall–Kier alpha value is -2.46. The third-order valence-corrected chi connectivity index (χ3v) is 4.83. The molecule has 1 fully saturated rings. The van der Waals surface area contributed by atoms with Crippen LogP contribution in [0.1, 0.15) is 36.0 Å². The van der Waals surface area contributed by atoms with Crippen LogP contribution in [0.25, 0.3) is 0 Å². The number of ketones is 2. The molecule has 0 saturated heterocycles. The van der Waals surface area contributed by atoms with Crippen molar-refractivity contribution < 1.29 is 9.59 Å². The lowest BCUT2D eigenvalue weighted by molar-refractivity contribution is -0.125. The summed E-state index contributed by atoms with van der Waals surface area (Å²) in [6.07, 6.45) is 11.1. The van der Waals surface area contributed by atoms with E-state index in [9.17, 15) is 9.59 Å². The van der Waals surface area contributed by atoms with Crippen molar-refractivity contribution in [3.05, 3.63) is 65.4 Å². The molecule has 1 aliphatic heterocycles. The lowest BCUT2D eigenvalue weighted by Gasteiger charge is -2.34. The van der Waals surface area contributed by atoms with Gasteiger partial charge in [-0.05, 0) is 49.3 Å². The highest BCUT2D eigenvalue weighted by molar-refractivity contribution is 6.35. The molecule has 1 heterocycles. The maximum atomic E-state index is 13.4. The molecule has 4 nitrogen and oxygen atoms in total. The minimum Gasteiger partial charge on any atom is -0.399 e. The van der Waals surface area contributed by atoms with Crippen molar-refractivity contribution in [3.63, 3.8) is 0 Å². The summed E-state index contributed by atoms with van der Waals surface area (Å²) in [6, 6.07) is 6.65. The second-order valence-electron chi connectivity index (χ2n) is 6.22. The second kappa shape index (κ2) is 7.19. The molecular weight excluding hydrogens is 336 g/mol. The summed E-state index contributed by atoms with van der Waals surface area (Å²) >= 11 is 6.14. The minimum atomic E-state index is -1.29. The van der Waals surface area contributed by atoms with Crippen molar-refractivity contribution in [1.82, 2.24) is 0 Å². The van der Waals surface area contributed by atoms with Gasteiger partial charge in [-0.2, -0.15) is 0 Å². The number of halogens is 1. The number of aliphatic imine (C=N–C) groups is 1. The highest BCUT2D eigenvalue weighted by atomic mass is 35.5. The number of nitrogen functional groups attached to an aromatic ring is 1. The van der Waals surface area contributed by atoms with E-state index in [1.54, 1.807) is 54.6 Å². The Balaban J connectivity index is 2.14. The van der Waals surface area contributed by atoms with Gasteiger partial charge in [-0.25, -0.2) is 4.99 Å². The number of carbonyl (C=O) groups excluding carboxylic acids is 2. The Morgan fingerprint density at radius 2 is 1.88 bits per heavy atom. The predicted molar refractivity (Wildman–Crippen MR) is 101 cm³/mol. The molecule has 0 radical (unpaired) electrons. The van der Waals surface area contributed by atoms with Gasteiger partial charge in [-0.15, -0.1) is 0 Å². The Morgan fingerprint density at radius 1 is 1.12 bits per heavy atom. The summed E-state index contributed by atoms with van der Waals surface area (Å²) in [5.41, 5.74) is 5.86. The van der Waals surface area contributed by atoms with E-state index in [4.69, 9.17) is 17.3 Å². The van der Waals surface area contributed by atoms with Gasteiger partial charge in [0.15, 0.2) is 11.6 Å². The van der Waals surface area contributed by atoms with Gasteiger partial charge < -0.3 is 5.73 Å². The van der Waals surface area contributed by atoms with E-state index in [2.05, 4.69) is 4.99 Å². The quantitative estimate of drug-likeness (QED) is 0.382. The molecule has 2 aliphatic rings. The van der Waals surface area contributed by atoms with Crippen LogP contribution in [0.5, 0.6) is 0 Å². The zero-order valence-corrected chi connectivity index (χ0v) is 14.5. The van der Waals surface area contributed by atoms with Gasteiger partial charge in [0.1, 0.15) is 10.6 Å². The maximum Gasteiger partial charge on any atom is 0.182 e. The lowest BCUT2D eigenvalue weighted by Crippen LogP contribution is -2.47. The number of anilines is 1. The molecule has 0 bridgehead atoms. The monoisotopic (exact) mass is 354 g/mol. The van der Waals surface area contributed by atoms with Gasteiger partial charge in [0.25, 0.3) is 0 Å². The number of benzene rings is 1. The highest BCUT2D eigenvalue weighted by Gasteiger charge is 2.50. The van der Waals surface area contributed by atoms with Crippen molar-refractivity contribution in [2.75, 3.05) is 5.73 Å². The molecule has 0 aromatic heterocycles. The molecule has 1 saturated carbocycles. The average molecular weight is 355 g/mol. The molecule has 128 valence electrons. The lowest BCUT2D eigenvalue weighted by atomic mass is 9.65. The van der Waals surface area contributed by atoms with Crippen LogP contribution in [0.15, 0.2) is 64.8 Å². The fourth-order valence-corrected chi connectivity index (χ4v) is 3.47. The third-order valence-electron chi connectivity index (χ3n) is 4.62. The fraction of sp³-hybridized carbons (Fsp3) is 0.250. The first-order valence-electron chi connectivity index (χ1n) is 8.27. The number of allylic oxidation sites excluding steroid dienone is 5. The van der Waals surface area contributed by atoms with Crippen LogP contribution in [0.4, 0.5) is 5.69 Å². The van der Waals surface area contributed by atoms with Crippen molar-refractivity contribution >= 4 is 34.6 Å². The first-order chi connectivity index (χ1) is 12.0. The highest BCUT2D eigenvalue weighted by Crippen LogP contribution is 2.39.